The summed E-state index contributed by atoms with van der Waals surface area (Å²) in [6, 6.07) is 6.50. The highest BCUT2D eigenvalue weighted by molar-refractivity contribution is 9.11. The van der Waals surface area contributed by atoms with Crippen LogP contribution >= 0.6 is 31.9 Å². The third kappa shape index (κ3) is 5.23. The molecule has 4 heteroatoms. The lowest BCUT2D eigenvalue weighted by Crippen LogP contribution is -2.22. The van der Waals surface area contributed by atoms with Gasteiger partial charge in [0.2, 0.25) is 0 Å². The van der Waals surface area contributed by atoms with Crippen molar-refractivity contribution in [1.82, 2.24) is 5.32 Å². The number of halogens is 2. The molecule has 1 N–H and O–H groups in total. The third-order valence-electron chi connectivity index (χ3n) is 2.12. The second-order valence-corrected chi connectivity index (χ2v) is 6.05. The van der Waals surface area contributed by atoms with E-state index >= 15 is 0 Å². The van der Waals surface area contributed by atoms with Crippen LogP contribution in [0, 0.1) is 0 Å². The summed E-state index contributed by atoms with van der Waals surface area (Å²) < 4.78 is 7.52. The van der Waals surface area contributed by atoms with E-state index in [0.717, 1.165) is 26.8 Å². The number of hydrogen-bond acceptors (Lipinski definition) is 2. The Balaban J connectivity index is 2.80. The topological polar surface area (TPSA) is 21.3 Å². The molecule has 0 heterocycles. The minimum Gasteiger partial charge on any atom is -0.487 e. The lowest BCUT2D eigenvalue weighted by atomic mass is 10.2. The molecule has 94 valence electrons. The molecule has 2 nitrogen and oxygen atoms in total. The molecule has 17 heavy (non-hydrogen) atoms. The van der Waals surface area contributed by atoms with Crippen LogP contribution < -0.4 is 10.1 Å². The summed E-state index contributed by atoms with van der Waals surface area (Å²) in [5.41, 5.74) is 1.14. The first kappa shape index (κ1) is 14.7. The summed E-state index contributed by atoms with van der Waals surface area (Å²) in [5, 5.41) is 3.38. The summed E-state index contributed by atoms with van der Waals surface area (Å²) in [6.07, 6.45) is 0. The van der Waals surface area contributed by atoms with Gasteiger partial charge in [-0.1, -0.05) is 48.5 Å². The zero-order valence-corrected chi connectivity index (χ0v) is 13.3. The van der Waals surface area contributed by atoms with E-state index in [4.69, 9.17) is 4.74 Å². The lowest BCUT2D eigenvalue weighted by molar-refractivity contribution is 0.352. The molecule has 0 fully saturated rings. The molecule has 0 aromatic heterocycles. The average molecular weight is 363 g/mol. The van der Waals surface area contributed by atoms with Crippen LogP contribution in [0.5, 0.6) is 5.75 Å². The number of rotatable bonds is 6. The van der Waals surface area contributed by atoms with E-state index in [0.29, 0.717) is 12.6 Å². The Morgan fingerprint density at radius 2 is 2.18 bits per heavy atom. The van der Waals surface area contributed by atoms with E-state index in [1.807, 2.05) is 12.1 Å². The standard InChI is InChI=1S/C13H17Br2NO/c1-9(2)16-7-11-5-4-6-12(15)13(11)17-8-10(3)14/h4-6,9,16H,3,7-8H2,1-2H3. The minimum absolute atomic E-state index is 0.452. The van der Waals surface area contributed by atoms with Crippen molar-refractivity contribution in [1.29, 1.82) is 0 Å². The average Bonchev–Trinajstić information content (AvgIpc) is 2.24. The molecule has 0 bridgehead atoms. The third-order valence-corrected chi connectivity index (χ3v) is 2.98. The summed E-state index contributed by atoms with van der Waals surface area (Å²) in [5.74, 6) is 0.876. The SMILES string of the molecule is C=C(Br)COc1c(Br)cccc1CNC(C)C. The van der Waals surface area contributed by atoms with Gasteiger partial charge in [-0.25, -0.2) is 0 Å². The fourth-order valence-corrected chi connectivity index (χ4v) is 1.96. The summed E-state index contributed by atoms with van der Waals surface area (Å²) >= 11 is 6.80. The van der Waals surface area contributed by atoms with Gasteiger partial charge in [0.25, 0.3) is 0 Å². The zero-order chi connectivity index (χ0) is 12.8. The number of ether oxygens (including phenoxy) is 1. The van der Waals surface area contributed by atoms with E-state index in [9.17, 15) is 0 Å². The van der Waals surface area contributed by atoms with Crippen LogP contribution in [0.2, 0.25) is 0 Å². The Labute approximate surface area is 120 Å². The van der Waals surface area contributed by atoms with Gasteiger partial charge in [-0.3, -0.25) is 0 Å². The highest BCUT2D eigenvalue weighted by atomic mass is 79.9. The Bertz CT molecular complexity index is 391. The highest BCUT2D eigenvalue weighted by Crippen LogP contribution is 2.29. The fraction of sp³-hybridized carbons (Fsp3) is 0.385. The largest absolute Gasteiger partial charge is 0.487 e. The molecule has 0 aliphatic rings. The first-order valence-electron chi connectivity index (χ1n) is 5.47. The number of benzene rings is 1. The molecule has 0 aliphatic heterocycles. The Kier molecular flexibility index (Phi) is 6.23. The van der Waals surface area contributed by atoms with Crippen LogP contribution in [-0.2, 0) is 6.54 Å². The van der Waals surface area contributed by atoms with Gasteiger partial charge in [-0.2, -0.15) is 0 Å². The van der Waals surface area contributed by atoms with Crippen molar-refractivity contribution >= 4 is 31.9 Å². The molecular formula is C13H17Br2NO. The minimum atomic E-state index is 0.452. The molecule has 0 atom stereocenters. The molecule has 1 aromatic rings. The van der Waals surface area contributed by atoms with Gasteiger partial charge >= 0.3 is 0 Å². The predicted molar refractivity (Wildman–Crippen MR) is 79.7 cm³/mol. The zero-order valence-electron chi connectivity index (χ0n) is 10.1. The fourth-order valence-electron chi connectivity index (χ4n) is 1.32. The molecule has 0 saturated carbocycles. The molecule has 0 amide bonds. The Hall–Kier alpha value is -0.320. The first-order chi connectivity index (χ1) is 8.00. The van der Waals surface area contributed by atoms with E-state index in [1.54, 1.807) is 0 Å². The van der Waals surface area contributed by atoms with E-state index in [2.05, 4.69) is 63.7 Å². The van der Waals surface area contributed by atoms with Gasteiger partial charge in [0.15, 0.2) is 0 Å². The van der Waals surface area contributed by atoms with Crippen molar-refractivity contribution in [2.24, 2.45) is 0 Å². The van der Waals surface area contributed by atoms with Crippen LogP contribution in [-0.4, -0.2) is 12.6 Å². The van der Waals surface area contributed by atoms with Crippen molar-refractivity contribution in [2.75, 3.05) is 6.61 Å². The molecule has 0 spiro atoms. The lowest BCUT2D eigenvalue weighted by Gasteiger charge is -2.15. The van der Waals surface area contributed by atoms with E-state index in [1.165, 1.54) is 0 Å². The van der Waals surface area contributed by atoms with Crippen molar-refractivity contribution < 1.29 is 4.74 Å². The van der Waals surface area contributed by atoms with E-state index < -0.39 is 0 Å². The summed E-state index contributed by atoms with van der Waals surface area (Å²) in [7, 11) is 0. The van der Waals surface area contributed by atoms with E-state index in [-0.39, 0.29) is 0 Å². The van der Waals surface area contributed by atoms with Crippen molar-refractivity contribution in [3.8, 4) is 5.75 Å². The van der Waals surface area contributed by atoms with Gasteiger partial charge in [0.1, 0.15) is 12.4 Å². The Morgan fingerprint density at radius 3 is 2.76 bits per heavy atom. The molecule has 0 aliphatic carbocycles. The molecule has 1 rings (SSSR count). The molecule has 0 unspecified atom stereocenters. The maximum atomic E-state index is 5.73. The second kappa shape index (κ2) is 7.19. The van der Waals surface area contributed by atoms with Gasteiger partial charge in [0.05, 0.1) is 4.47 Å². The second-order valence-electron chi connectivity index (χ2n) is 4.07. The molecular weight excluding hydrogens is 346 g/mol. The van der Waals surface area contributed by atoms with Crippen LogP contribution in [0.15, 0.2) is 33.7 Å². The van der Waals surface area contributed by atoms with Crippen LogP contribution in [0.25, 0.3) is 0 Å². The Morgan fingerprint density at radius 1 is 1.47 bits per heavy atom. The van der Waals surface area contributed by atoms with Crippen LogP contribution in [0.1, 0.15) is 19.4 Å². The molecule has 0 saturated heterocycles. The maximum absolute atomic E-state index is 5.73. The number of nitrogens with one attached hydrogen (secondary N) is 1. The van der Waals surface area contributed by atoms with Crippen LogP contribution in [0.3, 0.4) is 0 Å². The smallest absolute Gasteiger partial charge is 0.138 e. The predicted octanol–water partition coefficient (Wildman–Crippen LogP) is 4.23. The number of para-hydroxylation sites is 1. The van der Waals surface area contributed by atoms with Crippen molar-refractivity contribution in [3.05, 3.63) is 39.3 Å². The summed E-state index contributed by atoms with van der Waals surface area (Å²) in [6.45, 7) is 9.27. The van der Waals surface area contributed by atoms with Gasteiger partial charge in [-0.05, 0) is 22.0 Å². The van der Waals surface area contributed by atoms with Gasteiger partial charge < -0.3 is 10.1 Å². The van der Waals surface area contributed by atoms with Crippen molar-refractivity contribution in [3.63, 3.8) is 0 Å². The molecule has 1 aromatic carbocycles. The van der Waals surface area contributed by atoms with Crippen molar-refractivity contribution in [2.45, 2.75) is 26.4 Å². The quantitative estimate of drug-likeness (QED) is 0.817. The number of hydrogen-bond donors (Lipinski definition) is 1. The highest BCUT2D eigenvalue weighted by Gasteiger charge is 2.08. The van der Waals surface area contributed by atoms with Gasteiger partial charge in [0, 0.05) is 22.6 Å². The van der Waals surface area contributed by atoms with Crippen LogP contribution in [0.4, 0.5) is 0 Å². The first-order valence-corrected chi connectivity index (χ1v) is 7.06. The monoisotopic (exact) mass is 361 g/mol. The summed E-state index contributed by atoms with van der Waals surface area (Å²) in [4.78, 5) is 0. The molecule has 0 radical (unpaired) electrons. The van der Waals surface area contributed by atoms with Gasteiger partial charge in [-0.15, -0.1) is 0 Å². The maximum Gasteiger partial charge on any atom is 0.138 e. The normalized spacial score (nSPS) is 10.6.